The molecule has 1 saturated heterocycles. The van der Waals surface area contributed by atoms with Crippen molar-refractivity contribution < 1.29 is 15.0 Å². The number of likely N-dealkylation sites (tertiary alicyclic amines) is 1. The van der Waals surface area contributed by atoms with Gasteiger partial charge in [-0.15, -0.1) is 0 Å². The summed E-state index contributed by atoms with van der Waals surface area (Å²) >= 11 is 6.24. The summed E-state index contributed by atoms with van der Waals surface area (Å²) in [6.07, 6.45) is 5.90. The number of hydrogen-bond donors (Lipinski definition) is 2. The maximum Gasteiger partial charge on any atom is 0.223 e. The van der Waals surface area contributed by atoms with Crippen molar-refractivity contribution >= 4 is 17.5 Å². The summed E-state index contributed by atoms with van der Waals surface area (Å²) < 4.78 is 0. The van der Waals surface area contributed by atoms with Crippen molar-refractivity contribution in [1.29, 1.82) is 0 Å². The first-order valence-corrected chi connectivity index (χ1v) is 10.7. The van der Waals surface area contributed by atoms with Crippen molar-refractivity contribution in [2.45, 2.75) is 56.7 Å². The van der Waals surface area contributed by atoms with Gasteiger partial charge in [0, 0.05) is 24.5 Å². The fourth-order valence-corrected chi connectivity index (χ4v) is 7.08. The van der Waals surface area contributed by atoms with Crippen LogP contribution >= 0.6 is 11.6 Å². The Bertz CT molecular complexity index is 744. The summed E-state index contributed by atoms with van der Waals surface area (Å²) in [7, 11) is 0. The van der Waals surface area contributed by atoms with Crippen molar-refractivity contribution in [3.63, 3.8) is 0 Å². The Kier molecular flexibility index (Phi) is 4.12. The largest absolute Gasteiger partial charge is 0.390 e. The number of rotatable bonds is 4. The highest BCUT2D eigenvalue weighted by atomic mass is 35.5. The van der Waals surface area contributed by atoms with Gasteiger partial charge in [-0.2, -0.15) is 0 Å². The lowest BCUT2D eigenvalue weighted by atomic mass is 9.42. The van der Waals surface area contributed by atoms with Crippen LogP contribution in [0.25, 0.3) is 0 Å². The zero-order chi connectivity index (χ0) is 18.8. The van der Waals surface area contributed by atoms with Crippen molar-refractivity contribution in [3.8, 4) is 0 Å². The first-order valence-electron chi connectivity index (χ1n) is 10.3. The number of hydrogen-bond acceptors (Lipinski definition) is 3. The molecular formula is C22H28ClNO3. The molecule has 0 aromatic heterocycles. The van der Waals surface area contributed by atoms with Crippen LogP contribution < -0.4 is 0 Å². The van der Waals surface area contributed by atoms with E-state index in [4.69, 9.17) is 11.6 Å². The molecule has 5 heteroatoms. The number of halogens is 1. The molecule has 0 radical (unpaired) electrons. The Morgan fingerprint density at radius 1 is 1.19 bits per heavy atom. The second-order valence-corrected chi connectivity index (χ2v) is 10.2. The molecule has 4 saturated carbocycles. The molecule has 1 aromatic carbocycles. The summed E-state index contributed by atoms with van der Waals surface area (Å²) in [5.74, 6) is 1.56. The minimum absolute atomic E-state index is 0.0918. The van der Waals surface area contributed by atoms with Crippen molar-refractivity contribution in [2.75, 3.05) is 13.1 Å². The molecule has 2 atom stereocenters. The Morgan fingerprint density at radius 2 is 1.89 bits per heavy atom. The van der Waals surface area contributed by atoms with Gasteiger partial charge in [-0.1, -0.05) is 23.7 Å². The molecule has 5 aliphatic rings. The normalized spacial score (nSPS) is 40.3. The van der Waals surface area contributed by atoms with Crippen LogP contribution in [0.4, 0.5) is 0 Å². The van der Waals surface area contributed by atoms with Gasteiger partial charge in [0.2, 0.25) is 5.91 Å². The van der Waals surface area contributed by atoms with Crippen LogP contribution in [0.15, 0.2) is 24.3 Å². The molecule has 5 fully saturated rings. The Morgan fingerprint density at radius 3 is 2.48 bits per heavy atom. The van der Waals surface area contributed by atoms with E-state index in [-0.39, 0.29) is 17.4 Å². The number of carbonyl (C=O) groups excluding carboxylic acids is 1. The van der Waals surface area contributed by atoms with Gasteiger partial charge in [-0.3, -0.25) is 4.79 Å². The fraction of sp³-hybridized carbons (Fsp3) is 0.682. The SMILES string of the molecule is O=C(C[C@]1(Cc2cccc(Cl)c2)C2CC3CC1C[C@@](O)(C3)C2)N1CC(O)C1. The Balaban J connectivity index is 1.47. The summed E-state index contributed by atoms with van der Waals surface area (Å²) in [6, 6.07) is 8.03. The predicted molar refractivity (Wildman–Crippen MR) is 103 cm³/mol. The molecule has 4 nitrogen and oxygen atoms in total. The first-order chi connectivity index (χ1) is 12.9. The van der Waals surface area contributed by atoms with Crippen LogP contribution in [0.3, 0.4) is 0 Å². The predicted octanol–water partition coefficient (Wildman–Crippen LogP) is 3.03. The van der Waals surface area contributed by atoms with Crippen LogP contribution in [0.5, 0.6) is 0 Å². The maximum absolute atomic E-state index is 13.0. The molecule has 6 rings (SSSR count). The van der Waals surface area contributed by atoms with E-state index in [0.29, 0.717) is 37.3 Å². The summed E-state index contributed by atoms with van der Waals surface area (Å²) in [4.78, 5) is 14.8. The summed E-state index contributed by atoms with van der Waals surface area (Å²) in [5.41, 5.74) is 0.592. The molecule has 0 spiro atoms. The minimum Gasteiger partial charge on any atom is -0.390 e. The number of aliphatic hydroxyl groups is 2. The van der Waals surface area contributed by atoms with Gasteiger partial charge in [0.25, 0.3) is 0 Å². The summed E-state index contributed by atoms with van der Waals surface area (Å²) in [5, 5.41) is 21.4. The van der Waals surface area contributed by atoms with Crippen LogP contribution in [-0.2, 0) is 11.2 Å². The molecule has 2 unspecified atom stereocenters. The molecule has 1 aromatic rings. The van der Waals surface area contributed by atoms with E-state index in [1.54, 1.807) is 4.90 Å². The number of amides is 1. The lowest BCUT2D eigenvalue weighted by molar-refractivity contribution is -0.198. The summed E-state index contributed by atoms with van der Waals surface area (Å²) in [6.45, 7) is 0.932. The van der Waals surface area contributed by atoms with E-state index in [2.05, 4.69) is 6.07 Å². The van der Waals surface area contributed by atoms with E-state index < -0.39 is 5.60 Å². The molecule has 146 valence electrons. The highest BCUT2D eigenvalue weighted by molar-refractivity contribution is 6.30. The van der Waals surface area contributed by atoms with Crippen LogP contribution in [0.2, 0.25) is 5.02 Å². The first kappa shape index (κ1) is 18.0. The van der Waals surface area contributed by atoms with Crippen LogP contribution in [-0.4, -0.2) is 45.8 Å². The lowest BCUT2D eigenvalue weighted by Crippen LogP contribution is -2.62. The average molecular weight is 390 g/mol. The average Bonchev–Trinajstić information content (AvgIpc) is 2.55. The van der Waals surface area contributed by atoms with E-state index in [9.17, 15) is 15.0 Å². The van der Waals surface area contributed by atoms with Gasteiger partial charge >= 0.3 is 0 Å². The van der Waals surface area contributed by atoms with Gasteiger partial charge in [-0.05, 0) is 79.4 Å². The maximum atomic E-state index is 13.0. The van der Waals surface area contributed by atoms with E-state index in [1.165, 1.54) is 5.56 Å². The standard InChI is InChI=1S/C22H28ClNO3/c23-18-3-1-2-14(6-18)8-22(11-20(26)24-12-19(25)13-24)16-4-15-5-17(22)10-21(27,7-15)9-16/h1-3,6,15-17,19,25,27H,4-5,7-13H2/t15?,16?,17?,21-,22-. The number of benzene rings is 1. The zero-order valence-electron chi connectivity index (χ0n) is 15.6. The Labute approximate surface area is 165 Å². The third kappa shape index (κ3) is 3.01. The van der Waals surface area contributed by atoms with Crippen LogP contribution in [0.1, 0.15) is 44.1 Å². The van der Waals surface area contributed by atoms with Gasteiger partial charge in [-0.25, -0.2) is 0 Å². The number of aliphatic hydroxyl groups excluding tert-OH is 1. The molecule has 1 amide bonds. The molecule has 27 heavy (non-hydrogen) atoms. The number of β-amino-alcohol motifs (C(OH)–C–C–N with tert-alkyl or cyclic N) is 1. The van der Waals surface area contributed by atoms with Crippen LogP contribution in [0, 0.1) is 23.2 Å². The zero-order valence-corrected chi connectivity index (χ0v) is 16.4. The molecule has 1 aliphatic heterocycles. The van der Waals surface area contributed by atoms with E-state index in [1.807, 2.05) is 18.2 Å². The van der Waals surface area contributed by atoms with E-state index >= 15 is 0 Å². The molecular weight excluding hydrogens is 362 g/mol. The van der Waals surface area contributed by atoms with Gasteiger partial charge < -0.3 is 15.1 Å². The number of nitrogens with zero attached hydrogens (tertiary/aromatic N) is 1. The quantitative estimate of drug-likeness (QED) is 0.832. The monoisotopic (exact) mass is 389 g/mol. The second-order valence-electron chi connectivity index (χ2n) is 9.74. The van der Waals surface area contributed by atoms with Gasteiger partial charge in [0.05, 0.1) is 11.7 Å². The van der Waals surface area contributed by atoms with Gasteiger partial charge in [0.1, 0.15) is 0 Å². The molecule has 2 N–H and O–H groups in total. The van der Waals surface area contributed by atoms with E-state index in [0.717, 1.165) is 43.5 Å². The topological polar surface area (TPSA) is 60.8 Å². The minimum atomic E-state index is -0.510. The van der Waals surface area contributed by atoms with Crippen molar-refractivity contribution in [3.05, 3.63) is 34.9 Å². The number of carbonyl (C=O) groups is 1. The van der Waals surface area contributed by atoms with Crippen molar-refractivity contribution in [2.24, 2.45) is 23.2 Å². The second kappa shape index (κ2) is 6.20. The van der Waals surface area contributed by atoms with Gasteiger partial charge in [0.15, 0.2) is 0 Å². The lowest BCUT2D eigenvalue weighted by Gasteiger charge is -2.64. The third-order valence-corrected chi connectivity index (χ3v) is 8.14. The Hall–Kier alpha value is -1.10. The molecule has 1 heterocycles. The van der Waals surface area contributed by atoms with Crippen molar-refractivity contribution in [1.82, 2.24) is 4.90 Å². The smallest absolute Gasteiger partial charge is 0.223 e. The molecule has 4 aliphatic carbocycles. The fourth-order valence-electron chi connectivity index (χ4n) is 6.87. The molecule has 4 bridgehead atoms. The highest BCUT2D eigenvalue weighted by Crippen LogP contribution is 2.65. The highest BCUT2D eigenvalue weighted by Gasteiger charge is 2.62. The third-order valence-electron chi connectivity index (χ3n) is 7.90.